The van der Waals surface area contributed by atoms with E-state index in [9.17, 15) is 0 Å². The van der Waals surface area contributed by atoms with Gasteiger partial charge in [-0.3, -0.25) is 10.3 Å². The molecule has 0 radical (unpaired) electrons. The van der Waals surface area contributed by atoms with Gasteiger partial charge in [0.2, 0.25) is 0 Å². The minimum atomic E-state index is 0.110. The zero-order chi connectivity index (χ0) is 10.6. The highest BCUT2D eigenvalue weighted by Crippen LogP contribution is 2.05. The minimum Gasteiger partial charge on any atom is -0.387 e. The molecule has 0 saturated heterocycles. The van der Waals surface area contributed by atoms with Gasteiger partial charge in [0.25, 0.3) is 0 Å². The van der Waals surface area contributed by atoms with Crippen LogP contribution >= 0.6 is 11.3 Å². The zero-order valence-corrected chi connectivity index (χ0v) is 9.34. The van der Waals surface area contributed by atoms with E-state index < -0.39 is 0 Å². The van der Waals surface area contributed by atoms with E-state index in [-0.39, 0.29) is 11.8 Å². The second-order valence-corrected chi connectivity index (χ2v) is 4.25. The van der Waals surface area contributed by atoms with Crippen molar-refractivity contribution in [2.45, 2.75) is 13.5 Å². The molecule has 0 aliphatic rings. The van der Waals surface area contributed by atoms with Gasteiger partial charge >= 0.3 is 0 Å². The number of thiazole rings is 1. The number of hydrogen-bond acceptors (Lipinski definition) is 4. The number of amidine groups is 1. The number of aromatic nitrogens is 1. The molecule has 0 aliphatic carbocycles. The van der Waals surface area contributed by atoms with E-state index in [1.54, 1.807) is 11.3 Å². The predicted octanol–water partition coefficient (Wildman–Crippen LogP) is 1.15. The summed E-state index contributed by atoms with van der Waals surface area (Å²) in [5.74, 6) is 0.355. The smallest absolute Gasteiger partial charge is 0.0947 e. The number of nitrogens with two attached hydrogens (primary N) is 1. The molecule has 0 aliphatic heterocycles. The molecule has 0 aromatic carbocycles. The molecular weight excluding hydrogens is 196 g/mol. The molecule has 0 saturated carbocycles. The van der Waals surface area contributed by atoms with Gasteiger partial charge < -0.3 is 5.73 Å². The van der Waals surface area contributed by atoms with Gasteiger partial charge in [-0.25, -0.2) is 4.98 Å². The Morgan fingerprint density at radius 3 is 3.00 bits per heavy atom. The minimum absolute atomic E-state index is 0.110. The predicted molar refractivity (Wildman–Crippen MR) is 59.5 cm³/mol. The average Bonchev–Trinajstić information content (AvgIpc) is 2.56. The Kier molecular flexibility index (Phi) is 4.03. The van der Waals surface area contributed by atoms with Gasteiger partial charge in [0.1, 0.15) is 0 Å². The third-order valence-electron chi connectivity index (χ3n) is 2.03. The van der Waals surface area contributed by atoms with E-state index in [4.69, 9.17) is 11.1 Å². The first-order valence-corrected chi connectivity index (χ1v) is 5.43. The van der Waals surface area contributed by atoms with Crippen molar-refractivity contribution >= 4 is 17.2 Å². The molecule has 1 heterocycles. The Morgan fingerprint density at radius 2 is 2.50 bits per heavy atom. The van der Waals surface area contributed by atoms with Crippen molar-refractivity contribution in [2.75, 3.05) is 13.6 Å². The molecule has 1 aromatic heterocycles. The van der Waals surface area contributed by atoms with E-state index in [1.165, 1.54) is 0 Å². The van der Waals surface area contributed by atoms with Gasteiger partial charge in [-0.2, -0.15) is 0 Å². The topological polar surface area (TPSA) is 66.0 Å². The lowest BCUT2D eigenvalue weighted by molar-refractivity contribution is 0.303. The van der Waals surface area contributed by atoms with Gasteiger partial charge in [-0.1, -0.05) is 6.92 Å². The number of nitrogens with zero attached hydrogens (tertiary/aromatic N) is 2. The van der Waals surface area contributed by atoms with Crippen LogP contribution in [0.5, 0.6) is 0 Å². The fourth-order valence-electron chi connectivity index (χ4n) is 1.22. The summed E-state index contributed by atoms with van der Waals surface area (Å²) >= 11 is 1.60. The van der Waals surface area contributed by atoms with Crippen molar-refractivity contribution in [3.8, 4) is 0 Å². The van der Waals surface area contributed by atoms with Crippen LogP contribution in [0.2, 0.25) is 0 Å². The molecule has 1 unspecified atom stereocenters. The molecule has 0 spiro atoms. The second kappa shape index (κ2) is 5.07. The monoisotopic (exact) mass is 212 g/mol. The van der Waals surface area contributed by atoms with Crippen LogP contribution in [0.4, 0.5) is 0 Å². The first kappa shape index (κ1) is 11.1. The first-order valence-electron chi connectivity index (χ1n) is 4.49. The fraction of sp³-hybridized carbons (Fsp3) is 0.556. The number of nitrogens with one attached hydrogen (secondary N) is 1. The maximum absolute atomic E-state index is 7.28. The highest BCUT2D eigenvalue weighted by molar-refractivity contribution is 7.07. The molecule has 0 bridgehead atoms. The maximum atomic E-state index is 7.28. The molecule has 5 heteroatoms. The standard InChI is InChI=1S/C9H16N4S/c1-7(9(10)11)3-13(2)4-8-5-14-6-12-8/h5-7H,3-4H2,1-2H3,(H3,10,11). The SMILES string of the molecule is CC(CN(C)Cc1cscn1)C(=N)N. The van der Waals surface area contributed by atoms with Gasteiger partial charge in [0.15, 0.2) is 0 Å². The molecule has 1 rings (SSSR count). The molecule has 78 valence electrons. The van der Waals surface area contributed by atoms with Crippen molar-refractivity contribution in [1.82, 2.24) is 9.88 Å². The van der Waals surface area contributed by atoms with Crippen LogP contribution in [-0.2, 0) is 6.54 Å². The molecule has 0 amide bonds. The highest BCUT2D eigenvalue weighted by Gasteiger charge is 2.09. The normalized spacial score (nSPS) is 13.1. The van der Waals surface area contributed by atoms with Crippen molar-refractivity contribution < 1.29 is 0 Å². The number of rotatable bonds is 5. The van der Waals surface area contributed by atoms with Crippen LogP contribution in [0, 0.1) is 11.3 Å². The van der Waals surface area contributed by atoms with E-state index in [1.807, 2.05) is 24.9 Å². The van der Waals surface area contributed by atoms with E-state index in [2.05, 4.69) is 9.88 Å². The summed E-state index contributed by atoms with van der Waals surface area (Å²) in [6.45, 7) is 3.58. The van der Waals surface area contributed by atoms with Gasteiger partial charge in [-0.15, -0.1) is 11.3 Å². The van der Waals surface area contributed by atoms with Crippen molar-refractivity contribution in [3.63, 3.8) is 0 Å². The van der Waals surface area contributed by atoms with Crippen LogP contribution in [0.3, 0.4) is 0 Å². The Balaban J connectivity index is 2.36. The summed E-state index contributed by atoms with van der Waals surface area (Å²) in [5, 5.41) is 9.32. The van der Waals surface area contributed by atoms with Crippen LogP contribution < -0.4 is 5.73 Å². The van der Waals surface area contributed by atoms with Gasteiger partial charge in [0, 0.05) is 24.4 Å². The van der Waals surface area contributed by atoms with E-state index >= 15 is 0 Å². The summed E-state index contributed by atoms with van der Waals surface area (Å²) in [6.07, 6.45) is 0. The highest BCUT2D eigenvalue weighted by atomic mass is 32.1. The Labute approximate surface area is 88.3 Å². The first-order chi connectivity index (χ1) is 6.59. The molecule has 1 atom stereocenters. The molecule has 0 fully saturated rings. The van der Waals surface area contributed by atoms with Crippen molar-refractivity contribution in [2.24, 2.45) is 11.7 Å². The Bertz CT molecular complexity index is 283. The summed E-state index contributed by atoms with van der Waals surface area (Å²) in [5.41, 5.74) is 8.31. The lowest BCUT2D eigenvalue weighted by atomic mass is 10.1. The summed E-state index contributed by atoms with van der Waals surface area (Å²) in [7, 11) is 2.01. The Hall–Kier alpha value is -0.940. The van der Waals surface area contributed by atoms with Crippen LogP contribution in [-0.4, -0.2) is 29.3 Å². The largest absolute Gasteiger partial charge is 0.387 e. The molecule has 1 aromatic rings. The van der Waals surface area contributed by atoms with E-state index in [0.29, 0.717) is 0 Å². The van der Waals surface area contributed by atoms with Crippen LogP contribution in [0.25, 0.3) is 0 Å². The molecule has 14 heavy (non-hydrogen) atoms. The second-order valence-electron chi connectivity index (χ2n) is 3.53. The molecule has 3 N–H and O–H groups in total. The maximum Gasteiger partial charge on any atom is 0.0947 e. The van der Waals surface area contributed by atoms with Gasteiger partial charge in [-0.05, 0) is 7.05 Å². The van der Waals surface area contributed by atoms with Crippen molar-refractivity contribution in [3.05, 3.63) is 16.6 Å². The average molecular weight is 212 g/mol. The third-order valence-corrected chi connectivity index (χ3v) is 2.67. The fourth-order valence-corrected chi connectivity index (χ4v) is 1.77. The zero-order valence-electron chi connectivity index (χ0n) is 8.53. The third kappa shape index (κ3) is 3.43. The van der Waals surface area contributed by atoms with Crippen LogP contribution in [0.1, 0.15) is 12.6 Å². The van der Waals surface area contributed by atoms with Crippen LogP contribution in [0.15, 0.2) is 10.9 Å². The van der Waals surface area contributed by atoms with E-state index in [0.717, 1.165) is 18.8 Å². The Morgan fingerprint density at radius 1 is 1.79 bits per heavy atom. The quantitative estimate of drug-likeness (QED) is 0.568. The number of hydrogen-bond donors (Lipinski definition) is 2. The summed E-state index contributed by atoms with van der Waals surface area (Å²) in [4.78, 5) is 6.33. The summed E-state index contributed by atoms with van der Waals surface area (Å²) < 4.78 is 0. The lowest BCUT2D eigenvalue weighted by Gasteiger charge is -2.19. The van der Waals surface area contributed by atoms with Crippen molar-refractivity contribution in [1.29, 1.82) is 5.41 Å². The van der Waals surface area contributed by atoms with Gasteiger partial charge in [0.05, 0.1) is 17.0 Å². The summed E-state index contributed by atoms with van der Waals surface area (Å²) in [6, 6.07) is 0. The molecule has 4 nitrogen and oxygen atoms in total. The lowest BCUT2D eigenvalue weighted by Crippen LogP contribution is -2.31. The molecular formula is C9H16N4S.